The van der Waals surface area contributed by atoms with Crippen molar-refractivity contribution >= 4 is 28.1 Å². The number of rotatable bonds is 9. The lowest BCUT2D eigenvalue weighted by Crippen LogP contribution is -2.23. The maximum Gasteiger partial charge on any atom is 0.230 e. The molecule has 3 rings (SSSR count). The Morgan fingerprint density at radius 3 is 2.71 bits per heavy atom. The maximum absolute atomic E-state index is 12.5. The highest BCUT2D eigenvalue weighted by Crippen LogP contribution is 2.14. The maximum atomic E-state index is 12.5. The lowest BCUT2D eigenvalue weighted by molar-refractivity contribution is -0.115. The first-order valence-corrected chi connectivity index (χ1v) is 8.76. The molecule has 1 atom stereocenters. The van der Waals surface area contributed by atoms with Crippen LogP contribution >= 0.6 is 11.3 Å². The molecule has 2 aromatic carbocycles. The van der Waals surface area contributed by atoms with Gasteiger partial charge in [0.05, 0.1) is 33.3 Å². The average molecular weight is 410 g/mol. The second-order valence-corrected chi connectivity index (χ2v) is 6.13. The van der Waals surface area contributed by atoms with Crippen LogP contribution in [0.15, 0.2) is 59.7 Å². The van der Waals surface area contributed by atoms with Gasteiger partial charge in [-0.2, -0.15) is 0 Å². The van der Waals surface area contributed by atoms with Gasteiger partial charge in [0.25, 0.3) is 0 Å². The van der Waals surface area contributed by atoms with Crippen molar-refractivity contribution in [2.45, 2.75) is 18.9 Å². The van der Waals surface area contributed by atoms with Gasteiger partial charge in [0, 0.05) is 20.3 Å². The monoisotopic (exact) mass is 409 g/mol. The number of aromatic nitrogens is 1. The first-order chi connectivity index (χ1) is 18.8. The third-order valence-corrected chi connectivity index (χ3v) is 3.85. The van der Waals surface area contributed by atoms with E-state index in [9.17, 15) is 9.90 Å². The average Bonchev–Trinajstić information content (AvgIpc) is 3.18. The number of carbonyl (C=O) groups is 1. The molecule has 0 saturated heterocycles. The highest BCUT2D eigenvalue weighted by Gasteiger charge is 2.08. The molecule has 3 aromatic rings. The van der Waals surface area contributed by atoms with E-state index in [2.05, 4.69) is 15.6 Å². The molecule has 0 fully saturated rings. The summed E-state index contributed by atoms with van der Waals surface area (Å²) in [6.07, 6.45) is -5.85. The fraction of sp³-hybridized carbons (Fsp3) is 0.238. The summed E-state index contributed by atoms with van der Waals surface area (Å²) >= 11 is 0.844. The molecule has 1 amide bonds. The number of hydrogen-bond acceptors (Lipinski definition) is 6. The summed E-state index contributed by atoms with van der Waals surface area (Å²) in [4.78, 5) is 16.3. The number of anilines is 2. The van der Waals surface area contributed by atoms with Crippen molar-refractivity contribution in [3.05, 3.63) is 76.6 Å². The molecule has 0 aliphatic carbocycles. The first kappa shape index (κ1) is 9.17. The zero-order valence-corrected chi connectivity index (χ0v) is 15.2. The van der Waals surface area contributed by atoms with Crippen molar-refractivity contribution in [3.8, 4) is 0 Å². The van der Waals surface area contributed by atoms with E-state index in [1.165, 1.54) is 0 Å². The molecular weight excluding hydrogens is 372 g/mol. The van der Waals surface area contributed by atoms with E-state index >= 15 is 0 Å². The molecule has 0 saturated carbocycles. The number of carbonyl (C=O) groups excluding carboxylic acids is 1. The van der Waals surface area contributed by atoms with Crippen LogP contribution in [0.25, 0.3) is 0 Å². The van der Waals surface area contributed by atoms with Crippen LogP contribution in [0.5, 0.6) is 0 Å². The number of thiazole rings is 1. The molecule has 0 bridgehead atoms. The molecule has 0 unspecified atom stereocenters. The van der Waals surface area contributed by atoms with Crippen molar-refractivity contribution < 1.29 is 27.7 Å². The van der Waals surface area contributed by atoms with Crippen LogP contribution < -0.4 is 16.4 Å². The van der Waals surface area contributed by atoms with Gasteiger partial charge in [-0.1, -0.05) is 42.3 Å². The number of nitrogens with two attached hydrogens (primary N) is 1. The highest BCUT2D eigenvalue weighted by molar-refractivity contribution is 7.13. The second kappa shape index (κ2) is 9.98. The summed E-state index contributed by atoms with van der Waals surface area (Å²) in [5.74, 6) is -0.801. The van der Waals surface area contributed by atoms with Gasteiger partial charge in [-0.15, -0.1) is 11.3 Å². The van der Waals surface area contributed by atoms with Gasteiger partial charge in [-0.05, 0) is 36.1 Å². The SMILES string of the molecule is [2H]c1sc(N)nc1CC(=O)Nc1c([2H])c([2H])c(C([2H])([2H])CNC[C@]([2H])(O)c2c([2H])c([2H])c([2H])c([2H])c2[2H])c([2H])c1[2H]. The number of nitrogen functional groups attached to an aromatic ring is 1. The molecule has 0 aliphatic rings. The van der Waals surface area contributed by atoms with Crippen LogP contribution in [0.3, 0.4) is 0 Å². The number of benzene rings is 2. The molecule has 5 N–H and O–H groups in total. The van der Waals surface area contributed by atoms with Crippen LogP contribution in [0, 0.1) is 0 Å². The van der Waals surface area contributed by atoms with Gasteiger partial charge in [0.2, 0.25) is 5.91 Å². The van der Waals surface area contributed by atoms with Crippen LogP contribution in [-0.2, 0) is 17.6 Å². The van der Waals surface area contributed by atoms with E-state index in [4.69, 9.17) is 23.6 Å². The summed E-state index contributed by atoms with van der Waals surface area (Å²) in [5, 5.41) is 15.3. The summed E-state index contributed by atoms with van der Waals surface area (Å²) in [7, 11) is 0. The number of hydrogen-bond donors (Lipinski definition) is 4. The topological polar surface area (TPSA) is 100 Å². The lowest BCUT2D eigenvalue weighted by Gasteiger charge is -2.12. The Morgan fingerprint density at radius 1 is 1.29 bits per heavy atom. The molecule has 0 aliphatic heterocycles. The van der Waals surface area contributed by atoms with Gasteiger partial charge in [0.1, 0.15) is 0 Å². The Morgan fingerprint density at radius 2 is 2.04 bits per heavy atom. The minimum absolute atomic E-state index is 0.0530. The zero-order valence-electron chi connectivity index (χ0n) is 27.4. The van der Waals surface area contributed by atoms with Crippen LogP contribution in [0.2, 0.25) is 0 Å². The molecule has 1 aromatic heterocycles. The second-order valence-electron chi connectivity index (χ2n) is 5.30. The van der Waals surface area contributed by atoms with E-state index in [0.717, 1.165) is 11.3 Å². The molecular formula is C21H24N4O2S. The van der Waals surface area contributed by atoms with Crippen molar-refractivity contribution in [3.63, 3.8) is 0 Å². The van der Waals surface area contributed by atoms with Crippen LogP contribution in [-0.4, -0.2) is 29.1 Å². The Hall–Kier alpha value is -2.74. The number of nitrogens with one attached hydrogen (secondary N) is 2. The zero-order chi connectivity index (χ0) is 31.2. The normalized spacial score (nSPS) is 20.1. The minimum Gasteiger partial charge on any atom is -0.387 e. The quantitative estimate of drug-likeness (QED) is 0.435. The summed E-state index contributed by atoms with van der Waals surface area (Å²) in [6, 6.07) is -7.00. The summed E-state index contributed by atoms with van der Waals surface area (Å²) in [6.45, 7) is -1.59. The number of amides is 1. The summed E-state index contributed by atoms with van der Waals surface area (Å²) in [5.41, 5.74) is 3.63. The summed E-state index contributed by atoms with van der Waals surface area (Å²) < 4.78 is 105. The molecule has 0 radical (unpaired) electrons. The van der Waals surface area contributed by atoms with E-state index < -0.39 is 109 Å². The predicted molar refractivity (Wildman–Crippen MR) is 113 cm³/mol. The van der Waals surface area contributed by atoms with Gasteiger partial charge in [-0.25, -0.2) is 4.98 Å². The Kier molecular flexibility index (Phi) is 3.27. The molecule has 1 heterocycles. The van der Waals surface area contributed by atoms with E-state index in [-0.39, 0.29) is 16.2 Å². The Balaban J connectivity index is 1.83. The fourth-order valence-corrected chi connectivity index (χ4v) is 2.48. The third kappa shape index (κ3) is 6.16. The van der Waals surface area contributed by atoms with E-state index in [1.807, 2.05) is 0 Å². The van der Waals surface area contributed by atoms with Crippen LogP contribution in [0.4, 0.5) is 10.8 Å². The Bertz CT molecular complexity index is 1470. The standard InChI is InChI=1S/C21H24N4O2S/c22-21-25-18(14-28-21)12-20(27)24-17-8-6-15(7-9-17)10-11-23-13-19(26)16-4-2-1-3-5-16/h1-9,14,19,23,26H,10-13H2,(H2,22,25)(H,24,27)/t19-/m0/s1/i1D,2D,3D,4D,5D,6D,7D,8D,9D,10D2,14D,19D. The molecule has 6 nitrogen and oxygen atoms in total. The highest BCUT2D eigenvalue weighted by atomic mass is 32.1. The largest absolute Gasteiger partial charge is 0.387 e. The van der Waals surface area contributed by atoms with Crippen molar-refractivity contribution in [2.75, 3.05) is 24.1 Å². The molecule has 146 valence electrons. The smallest absolute Gasteiger partial charge is 0.230 e. The van der Waals surface area contributed by atoms with Crippen molar-refractivity contribution in [1.82, 2.24) is 10.3 Å². The fourth-order valence-electron chi connectivity index (χ4n) is 1.98. The van der Waals surface area contributed by atoms with E-state index in [1.54, 1.807) is 0 Å². The minimum atomic E-state index is -2.80. The third-order valence-electron chi connectivity index (χ3n) is 3.21. The van der Waals surface area contributed by atoms with E-state index in [0.29, 0.717) is 0 Å². The number of nitrogens with zero attached hydrogens (tertiary/aromatic N) is 1. The van der Waals surface area contributed by atoms with Gasteiger partial charge < -0.3 is 21.5 Å². The molecule has 7 heteroatoms. The van der Waals surface area contributed by atoms with Crippen molar-refractivity contribution in [2.24, 2.45) is 0 Å². The van der Waals surface area contributed by atoms with Gasteiger partial charge in [-0.3, -0.25) is 4.79 Å². The molecule has 28 heavy (non-hydrogen) atoms. The first-order valence-electron chi connectivity index (χ1n) is 14.4. The Labute approximate surface area is 186 Å². The van der Waals surface area contributed by atoms with Gasteiger partial charge >= 0.3 is 0 Å². The van der Waals surface area contributed by atoms with Gasteiger partial charge in [0.15, 0.2) is 5.13 Å². The molecule has 0 spiro atoms. The number of aliphatic hydroxyl groups is 1. The van der Waals surface area contributed by atoms with Crippen molar-refractivity contribution in [1.29, 1.82) is 0 Å². The lowest BCUT2D eigenvalue weighted by atomic mass is 10.1. The predicted octanol–water partition coefficient (Wildman–Crippen LogP) is 2.77. The van der Waals surface area contributed by atoms with Crippen LogP contribution in [0.1, 0.15) is 40.7 Å².